The zero-order chi connectivity index (χ0) is 18.0. The Labute approximate surface area is 142 Å². The molecule has 2 rings (SSSR count). The van der Waals surface area contributed by atoms with Crippen molar-refractivity contribution in [2.24, 2.45) is 17.2 Å². The molecule has 0 spiro atoms. The van der Waals surface area contributed by atoms with E-state index in [1.165, 1.54) is 7.11 Å². The summed E-state index contributed by atoms with van der Waals surface area (Å²) < 4.78 is 17.0. The highest BCUT2D eigenvalue weighted by Gasteiger charge is 2.50. The van der Waals surface area contributed by atoms with Crippen LogP contribution in [0, 0.1) is 0 Å². The average Bonchev–Trinajstić information content (AvgIpc) is 2.55. The lowest BCUT2D eigenvalue weighted by Crippen LogP contribution is -2.71. The standard InChI is InChI=1S/C15H32N4O5/c1-6(16)8-5-4-7(17)15(23-8)24-13-9(18)11(20)14(22-3)10(19-2)12(13)21/h6-15,19-21H,4-5,16-18H2,1-3H3/t6-,7-,8+,9-,10-,11-,12-,13+,14+,15+/m0/s1. The predicted molar refractivity (Wildman–Crippen MR) is 88.0 cm³/mol. The summed E-state index contributed by atoms with van der Waals surface area (Å²) in [5, 5.41) is 24.0. The van der Waals surface area contributed by atoms with Crippen LogP contribution in [0.2, 0.25) is 0 Å². The minimum atomic E-state index is -0.995. The molecule has 0 bridgehead atoms. The van der Waals surface area contributed by atoms with Gasteiger partial charge in [0.15, 0.2) is 6.29 Å². The summed E-state index contributed by atoms with van der Waals surface area (Å²) >= 11 is 0. The Hall–Kier alpha value is -0.360. The van der Waals surface area contributed by atoms with Gasteiger partial charge in [0.2, 0.25) is 0 Å². The summed E-state index contributed by atoms with van der Waals surface area (Å²) in [4.78, 5) is 0. The lowest BCUT2D eigenvalue weighted by molar-refractivity contribution is -0.262. The largest absolute Gasteiger partial charge is 0.389 e. The van der Waals surface area contributed by atoms with E-state index in [4.69, 9.17) is 31.4 Å². The molecule has 0 amide bonds. The van der Waals surface area contributed by atoms with Crippen LogP contribution < -0.4 is 22.5 Å². The van der Waals surface area contributed by atoms with Gasteiger partial charge in [0.05, 0.1) is 36.4 Å². The third kappa shape index (κ3) is 3.90. The van der Waals surface area contributed by atoms with Crippen molar-refractivity contribution < 1.29 is 24.4 Å². The number of nitrogens with one attached hydrogen (secondary N) is 1. The SMILES string of the molecule is CN[C@H]1[C@H](O)[C@H](O[C@H]2O[C@@H]([C@H](C)N)CC[C@@H]2N)[C@@H](N)[C@H](O)[C@@H]1OC. The summed E-state index contributed by atoms with van der Waals surface area (Å²) in [5.74, 6) is 0. The van der Waals surface area contributed by atoms with E-state index in [1.807, 2.05) is 6.92 Å². The first-order valence-electron chi connectivity index (χ1n) is 8.45. The van der Waals surface area contributed by atoms with Gasteiger partial charge >= 0.3 is 0 Å². The Balaban J connectivity index is 2.11. The molecule has 0 aromatic carbocycles. The molecule has 10 atom stereocenters. The van der Waals surface area contributed by atoms with Crippen molar-refractivity contribution in [2.45, 2.75) is 80.7 Å². The molecule has 9 heteroatoms. The quantitative estimate of drug-likeness (QED) is 0.309. The fraction of sp³-hybridized carbons (Fsp3) is 1.00. The van der Waals surface area contributed by atoms with Gasteiger partial charge < -0.3 is 46.9 Å². The Morgan fingerprint density at radius 3 is 2.38 bits per heavy atom. The number of aliphatic hydroxyl groups excluding tert-OH is 2. The monoisotopic (exact) mass is 348 g/mol. The number of hydrogen-bond donors (Lipinski definition) is 6. The van der Waals surface area contributed by atoms with Gasteiger partial charge in [0, 0.05) is 13.2 Å². The zero-order valence-electron chi connectivity index (χ0n) is 14.5. The molecule has 9 N–H and O–H groups in total. The van der Waals surface area contributed by atoms with Crippen molar-refractivity contribution in [2.75, 3.05) is 14.2 Å². The maximum Gasteiger partial charge on any atom is 0.173 e. The lowest BCUT2D eigenvalue weighted by Gasteiger charge is -2.47. The molecule has 142 valence electrons. The van der Waals surface area contributed by atoms with Crippen LogP contribution in [0.5, 0.6) is 0 Å². The molecule has 1 aliphatic heterocycles. The predicted octanol–water partition coefficient (Wildman–Crippen LogP) is -2.78. The molecular weight excluding hydrogens is 316 g/mol. The summed E-state index contributed by atoms with van der Waals surface area (Å²) in [6, 6.07) is -1.85. The minimum Gasteiger partial charge on any atom is -0.389 e. The summed E-state index contributed by atoms with van der Waals surface area (Å²) in [6.45, 7) is 1.86. The lowest BCUT2D eigenvalue weighted by atomic mass is 9.81. The van der Waals surface area contributed by atoms with Crippen LogP contribution in [0.4, 0.5) is 0 Å². The summed E-state index contributed by atoms with van der Waals surface area (Å²) in [5.41, 5.74) is 18.1. The second-order valence-corrected chi connectivity index (χ2v) is 6.82. The molecule has 0 aromatic rings. The van der Waals surface area contributed by atoms with Gasteiger partial charge in [-0.1, -0.05) is 0 Å². The Morgan fingerprint density at radius 1 is 1.17 bits per heavy atom. The molecule has 0 aromatic heterocycles. The van der Waals surface area contributed by atoms with Gasteiger partial charge in [0.25, 0.3) is 0 Å². The van der Waals surface area contributed by atoms with Crippen LogP contribution >= 0.6 is 0 Å². The molecule has 0 unspecified atom stereocenters. The topological polar surface area (TPSA) is 158 Å². The number of nitrogens with two attached hydrogens (primary N) is 3. The Kier molecular flexibility index (Phi) is 6.94. The normalized spacial score (nSPS) is 48.2. The Morgan fingerprint density at radius 2 is 1.83 bits per heavy atom. The molecule has 9 nitrogen and oxygen atoms in total. The van der Waals surface area contributed by atoms with Crippen molar-refractivity contribution in [3.63, 3.8) is 0 Å². The highest BCUT2D eigenvalue weighted by molar-refractivity contribution is 5.05. The third-order valence-corrected chi connectivity index (χ3v) is 5.10. The summed E-state index contributed by atoms with van der Waals surface area (Å²) in [7, 11) is 3.14. The van der Waals surface area contributed by atoms with Crippen LogP contribution in [0.25, 0.3) is 0 Å². The Bertz CT molecular complexity index is 402. The summed E-state index contributed by atoms with van der Waals surface area (Å²) in [6.07, 6.45) is -2.90. The van der Waals surface area contributed by atoms with Gasteiger partial charge in [-0.25, -0.2) is 0 Å². The first-order valence-corrected chi connectivity index (χ1v) is 8.45. The fourth-order valence-electron chi connectivity index (χ4n) is 3.55. The average molecular weight is 348 g/mol. The number of methoxy groups -OCH3 is 1. The fourth-order valence-corrected chi connectivity index (χ4v) is 3.55. The van der Waals surface area contributed by atoms with E-state index in [0.29, 0.717) is 6.42 Å². The van der Waals surface area contributed by atoms with Gasteiger partial charge in [-0.15, -0.1) is 0 Å². The zero-order valence-corrected chi connectivity index (χ0v) is 14.5. The maximum atomic E-state index is 10.6. The molecule has 0 radical (unpaired) electrons. The third-order valence-electron chi connectivity index (χ3n) is 5.10. The van der Waals surface area contributed by atoms with Crippen molar-refractivity contribution >= 4 is 0 Å². The molecule has 2 fully saturated rings. The van der Waals surface area contributed by atoms with Crippen LogP contribution in [0.3, 0.4) is 0 Å². The van der Waals surface area contributed by atoms with E-state index < -0.39 is 42.8 Å². The van der Waals surface area contributed by atoms with E-state index in [1.54, 1.807) is 7.05 Å². The van der Waals surface area contributed by atoms with Crippen molar-refractivity contribution in [3.8, 4) is 0 Å². The first-order chi connectivity index (χ1) is 11.3. The minimum absolute atomic E-state index is 0.151. The first kappa shape index (κ1) is 20.0. The molecule has 1 heterocycles. The molecule has 24 heavy (non-hydrogen) atoms. The van der Waals surface area contributed by atoms with E-state index in [9.17, 15) is 10.2 Å². The highest BCUT2D eigenvalue weighted by Crippen LogP contribution is 2.28. The number of hydrogen-bond acceptors (Lipinski definition) is 9. The van der Waals surface area contributed by atoms with Crippen molar-refractivity contribution in [3.05, 3.63) is 0 Å². The van der Waals surface area contributed by atoms with Crippen LogP contribution in [-0.2, 0) is 14.2 Å². The van der Waals surface area contributed by atoms with Gasteiger partial charge in [-0.2, -0.15) is 0 Å². The van der Waals surface area contributed by atoms with Gasteiger partial charge in [0.1, 0.15) is 12.2 Å². The van der Waals surface area contributed by atoms with Gasteiger partial charge in [-0.05, 0) is 26.8 Å². The second-order valence-electron chi connectivity index (χ2n) is 6.82. The van der Waals surface area contributed by atoms with Crippen LogP contribution in [0.15, 0.2) is 0 Å². The van der Waals surface area contributed by atoms with Crippen LogP contribution in [-0.4, -0.2) is 85.3 Å². The van der Waals surface area contributed by atoms with Crippen molar-refractivity contribution in [1.29, 1.82) is 0 Å². The van der Waals surface area contributed by atoms with E-state index in [-0.39, 0.29) is 18.2 Å². The molecule has 1 saturated heterocycles. The molecule has 1 saturated carbocycles. The maximum absolute atomic E-state index is 10.6. The van der Waals surface area contributed by atoms with Gasteiger partial charge in [-0.3, -0.25) is 0 Å². The highest BCUT2D eigenvalue weighted by atomic mass is 16.7. The smallest absolute Gasteiger partial charge is 0.173 e. The van der Waals surface area contributed by atoms with E-state index in [0.717, 1.165) is 6.42 Å². The van der Waals surface area contributed by atoms with E-state index in [2.05, 4.69) is 5.32 Å². The molecule has 1 aliphatic carbocycles. The van der Waals surface area contributed by atoms with E-state index >= 15 is 0 Å². The number of ether oxygens (including phenoxy) is 3. The van der Waals surface area contributed by atoms with Crippen LogP contribution in [0.1, 0.15) is 19.8 Å². The molecule has 2 aliphatic rings. The van der Waals surface area contributed by atoms with Crippen molar-refractivity contribution in [1.82, 2.24) is 5.32 Å². The second kappa shape index (κ2) is 8.35. The number of rotatable bonds is 5. The molecular formula is C15H32N4O5. The number of likely N-dealkylation sites (N-methyl/N-ethyl adjacent to an activating group) is 1. The number of aliphatic hydroxyl groups is 2.